The summed E-state index contributed by atoms with van der Waals surface area (Å²) in [5.41, 5.74) is 6.69. The van der Waals surface area contributed by atoms with Crippen molar-refractivity contribution in [3.63, 3.8) is 0 Å². The van der Waals surface area contributed by atoms with Crippen molar-refractivity contribution in [3.05, 3.63) is 0 Å². The monoisotopic (exact) mass is 240 g/mol. The highest BCUT2D eigenvalue weighted by Crippen LogP contribution is 2.40. The summed E-state index contributed by atoms with van der Waals surface area (Å²) in [6.45, 7) is 8.49. The fourth-order valence-electron chi connectivity index (χ4n) is 3.58. The number of likely N-dealkylation sites (tertiary alicyclic amines) is 1. The molecule has 0 amide bonds. The summed E-state index contributed by atoms with van der Waals surface area (Å²) in [4.78, 5) is 2.56. The molecule has 0 aromatic carbocycles. The van der Waals surface area contributed by atoms with Crippen molar-refractivity contribution >= 4 is 0 Å². The molecule has 17 heavy (non-hydrogen) atoms. The molecule has 2 rings (SSSR count). The lowest BCUT2D eigenvalue weighted by atomic mass is 9.85. The predicted octanol–water partition coefficient (Wildman–Crippen LogP) is 1.45. The average Bonchev–Trinajstić information content (AvgIpc) is 2.80. The molecule has 3 heteroatoms. The second-order valence-corrected chi connectivity index (χ2v) is 6.74. The summed E-state index contributed by atoms with van der Waals surface area (Å²) < 4.78 is 0. The van der Waals surface area contributed by atoms with Gasteiger partial charge in [0, 0.05) is 25.7 Å². The van der Waals surface area contributed by atoms with Crippen molar-refractivity contribution in [1.82, 2.24) is 4.90 Å². The number of nitrogens with zero attached hydrogens (tertiary/aromatic N) is 1. The fraction of sp³-hybridized carbons (Fsp3) is 1.00. The van der Waals surface area contributed by atoms with Gasteiger partial charge in [-0.05, 0) is 49.5 Å². The van der Waals surface area contributed by atoms with Gasteiger partial charge in [0.25, 0.3) is 0 Å². The van der Waals surface area contributed by atoms with Crippen LogP contribution < -0.4 is 5.73 Å². The molecule has 3 unspecified atom stereocenters. The molecule has 0 radical (unpaired) electrons. The van der Waals surface area contributed by atoms with Crippen LogP contribution >= 0.6 is 0 Å². The quantitative estimate of drug-likeness (QED) is 0.782. The Kier molecular flexibility index (Phi) is 4.11. The number of aliphatic hydroxyl groups excluding tert-OH is 1. The smallest absolute Gasteiger partial charge is 0.0434 e. The predicted molar refractivity (Wildman–Crippen MR) is 70.7 cm³/mol. The standard InChI is InChI=1S/C14H28N2O/c1-14(2)6-3-12(13(14)15)10-16-7-4-11(9-16)5-8-17/h11-13,17H,3-10,15H2,1-2H3. The summed E-state index contributed by atoms with van der Waals surface area (Å²) in [7, 11) is 0. The number of hydrogen-bond acceptors (Lipinski definition) is 3. The Bertz CT molecular complexity index is 255. The SMILES string of the molecule is CC1(C)CCC(CN2CCC(CCO)C2)C1N. The van der Waals surface area contributed by atoms with Gasteiger partial charge < -0.3 is 15.7 Å². The molecule has 0 spiro atoms. The van der Waals surface area contributed by atoms with E-state index >= 15 is 0 Å². The Balaban J connectivity index is 1.79. The molecule has 2 aliphatic rings. The lowest BCUT2D eigenvalue weighted by molar-refractivity contribution is 0.219. The zero-order chi connectivity index (χ0) is 12.5. The molecule has 2 fully saturated rings. The van der Waals surface area contributed by atoms with Crippen molar-refractivity contribution in [3.8, 4) is 0 Å². The molecule has 100 valence electrons. The van der Waals surface area contributed by atoms with Crippen molar-refractivity contribution in [2.75, 3.05) is 26.2 Å². The lowest BCUT2D eigenvalue weighted by Crippen LogP contribution is -2.41. The van der Waals surface area contributed by atoms with Crippen LogP contribution in [0.25, 0.3) is 0 Å². The molecule has 3 atom stereocenters. The van der Waals surface area contributed by atoms with E-state index in [9.17, 15) is 0 Å². The average molecular weight is 240 g/mol. The van der Waals surface area contributed by atoms with Crippen LogP contribution in [0.4, 0.5) is 0 Å². The first-order chi connectivity index (χ1) is 8.03. The number of nitrogens with two attached hydrogens (primary N) is 1. The van der Waals surface area contributed by atoms with E-state index in [-0.39, 0.29) is 0 Å². The minimum Gasteiger partial charge on any atom is -0.396 e. The largest absolute Gasteiger partial charge is 0.396 e. The van der Waals surface area contributed by atoms with Gasteiger partial charge in [0.2, 0.25) is 0 Å². The second-order valence-electron chi connectivity index (χ2n) is 6.74. The molecule has 3 N–H and O–H groups in total. The number of aliphatic hydroxyl groups is 1. The van der Waals surface area contributed by atoms with Crippen LogP contribution in [0.3, 0.4) is 0 Å². The minimum atomic E-state index is 0.328. The highest BCUT2D eigenvalue weighted by Gasteiger charge is 2.40. The third kappa shape index (κ3) is 3.01. The molecule has 1 aliphatic heterocycles. The molecule has 3 nitrogen and oxygen atoms in total. The first-order valence-corrected chi connectivity index (χ1v) is 7.12. The van der Waals surface area contributed by atoms with Crippen molar-refractivity contribution in [2.24, 2.45) is 23.0 Å². The van der Waals surface area contributed by atoms with Gasteiger partial charge in [0.05, 0.1) is 0 Å². The fourth-order valence-corrected chi connectivity index (χ4v) is 3.58. The minimum absolute atomic E-state index is 0.328. The van der Waals surface area contributed by atoms with E-state index in [1.165, 1.54) is 38.9 Å². The Morgan fingerprint density at radius 2 is 2.12 bits per heavy atom. The summed E-state index contributed by atoms with van der Waals surface area (Å²) in [6, 6.07) is 0.361. The van der Waals surface area contributed by atoms with Crippen molar-refractivity contribution < 1.29 is 5.11 Å². The number of rotatable bonds is 4. The molecular weight excluding hydrogens is 212 g/mol. The van der Waals surface area contributed by atoms with Crippen LogP contribution in [0.1, 0.15) is 39.5 Å². The van der Waals surface area contributed by atoms with Gasteiger partial charge >= 0.3 is 0 Å². The van der Waals surface area contributed by atoms with E-state index in [4.69, 9.17) is 10.8 Å². The lowest BCUT2D eigenvalue weighted by Gasteiger charge is -2.29. The highest BCUT2D eigenvalue weighted by molar-refractivity contribution is 4.95. The first-order valence-electron chi connectivity index (χ1n) is 7.12. The van der Waals surface area contributed by atoms with Crippen LogP contribution in [-0.2, 0) is 0 Å². The second kappa shape index (κ2) is 5.25. The molecule has 1 aliphatic carbocycles. The summed E-state index contributed by atoms with van der Waals surface area (Å²) in [5.74, 6) is 1.39. The third-order valence-electron chi connectivity index (χ3n) is 4.97. The van der Waals surface area contributed by atoms with Gasteiger partial charge in [-0.25, -0.2) is 0 Å². The van der Waals surface area contributed by atoms with Gasteiger partial charge in [-0.15, -0.1) is 0 Å². The molecule has 0 bridgehead atoms. The van der Waals surface area contributed by atoms with Gasteiger partial charge in [0.1, 0.15) is 0 Å². The molecular formula is C14H28N2O. The van der Waals surface area contributed by atoms with Crippen molar-refractivity contribution in [1.29, 1.82) is 0 Å². The maximum atomic E-state index is 8.97. The van der Waals surface area contributed by atoms with E-state index in [1.807, 2.05) is 0 Å². The summed E-state index contributed by atoms with van der Waals surface area (Å²) >= 11 is 0. The van der Waals surface area contributed by atoms with Crippen LogP contribution in [0, 0.1) is 17.3 Å². The summed E-state index contributed by atoms with van der Waals surface area (Å²) in [6.07, 6.45) is 4.78. The van der Waals surface area contributed by atoms with Gasteiger partial charge in [0.15, 0.2) is 0 Å². The Labute approximate surface area is 105 Å². The van der Waals surface area contributed by atoms with Gasteiger partial charge in [-0.3, -0.25) is 0 Å². The Morgan fingerprint density at radius 3 is 2.71 bits per heavy atom. The molecule has 0 aromatic rings. The highest BCUT2D eigenvalue weighted by atomic mass is 16.3. The van der Waals surface area contributed by atoms with E-state index < -0.39 is 0 Å². The number of hydrogen-bond donors (Lipinski definition) is 2. The van der Waals surface area contributed by atoms with E-state index in [0.29, 0.717) is 29.9 Å². The zero-order valence-electron chi connectivity index (χ0n) is 11.4. The van der Waals surface area contributed by atoms with Gasteiger partial charge in [-0.2, -0.15) is 0 Å². The van der Waals surface area contributed by atoms with Crippen LogP contribution in [0.5, 0.6) is 0 Å². The van der Waals surface area contributed by atoms with E-state index in [2.05, 4.69) is 18.7 Å². The van der Waals surface area contributed by atoms with Crippen LogP contribution in [-0.4, -0.2) is 42.3 Å². The summed E-state index contributed by atoms with van der Waals surface area (Å²) in [5, 5.41) is 8.97. The topological polar surface area (TPSA) is 49.5 Å². The molecule has 1 saturated carbocycles. The Hall–Kier alpha value is -0.120. The molecule has 1 heterocycles. The van der Waals surface area contributed by atoms with Crippen molar-refractivity contribution in [2.45, 2.75) is 45.6 Å². The van der Waals surface area contributed by atoms with E-state index in [0.717, 1.165) is 6.42 Å². The van der Waals surface area contributed by atoms with E-state index in [1.54, 1.807) is 0 Å². The Morgan fingerprint density at radius 1 is 1.35 bits per heavy atom. The zero-order valence-corrected chi connectivity index (χ0v) is 11.4. The third-order valence-corrected chi connectivity index (χ3v) is 4.97. The van der Waals surface area contributed by atoms with Gasteiger partial charge in [-0.1, -0.05) is 13.8 Å². The molecule has 0 aromatic heterocycles. The molecule has 1 saturated heterocycles. The van der Waals surface area contributed by atoms with Crippen LogP contribution in [0.15, 0.2) is 0 Å². The maximum Gasteiger partial charge on any atom is 0.0434 e. The first kappa shape index (κ1) is 13.3. The maximum absolute atomic E-state index is 8.97. The normalized spacial score (nSPS) is 37.8. The van der Waals surface area contributed by atoms with Crippen LogP contribution in [0.2, 0.25) is 0 Å².